The summed E-state index contributed by atoms with van der Waals surface area (Å²) in [6, 6.07) is 8.34. The number of hydrogen-bond donors (Lipinski definition) is 1. The van der Waals surface area contributed by atoms with Crippen LogP contribution in [0.3, 0.4) is 0 Å². The number of carbonyl (C=O) groups excluding carboxylic acids is 1. The summed E-state index contributed by atoms with van der Waals surface area (Å²) in [5.74, 6) is 0. The Labute approximate surface area is 141 Å². The Kier molecular flexibility index (Phi) is 4.12. The number of carbonyl (C=O) groups is 1. The molecule has 0 unspecified atom stereocenters. The summed E-state index contributed by atoms with van der Waals surface area (Å²) in [5.41, 5.74) is 6.24. The van der Waals surface area contributed by atoms with Crippen LogP contribution in [0.4, 0.5) is 29.3 Å². The fourth-order valence-corrected chi connectivity index (χ4v) is 2.56. The lowest BCUT2D eigenvalue weighted by Gasteiger charge is -2.22. The number of ether oxygens (including phenoxy) is 1. The van der Waals surface area contributed by atoms with Crippen LogP contribution in [0.15, 0.2) is 41.5 Å². The minimum Gasteiger partial charge on any atom is -0.442 e. The highest BCUT2D eigenvalue weighted by molar-refractivity contribution is 5.92. The van der Waals surface area contributed by atoms with Gasteiger partial charge in [-0.3, -0.25) is 0 Å². The van der Waals surface area contributed by atoms with E-state index in [1.807, 2.05) is 0 Å². The fourth-order valence-electron chi connectivity index (χ4n) is 2.56. The van der Waals surface area contributed by atoms with Crippen LogP contribution in [0, 0.1) is 6.92 Å². The summed E-state index contributed by atoms with van der Waals surface area (Å²) in [5, 5.41) is 4.56. The second-order valence-corrected chi connectivity index (χ2v) is 5.51. The zero-order valence-electron chi connectivity index (χ0n) is 13.2. The third kappa shape index (κ3) is 3.28. The van der Waals surface area contributed by atoms with Crippen molar-refractivity contribution in [3.05, 3.63) is 47.5 Å². The molecule has 0 fully saturated rings. The van der Waals surface area contributed by atoms with E-state index in [1.165, 1.54) is 18.3 Å². The predicted molar refractivity (Wildman–Crippen MR) is 88.3 cm³/mol. The minimum atomic E-state index is -4.63. The molecule has 0 bridgehead atoms. The Hall–Kier alpha value is -3.03. The molecule has 1 aliphatic heterocycles. The molecule has 130 valence electrons. The third-order valence-electron chi connectivity index (χ3n) is 3.70. The Bertz CT molecular complexity index is 863. The number of halogens is 3. The number of hydrogen-bond acceptors (Lipinski definition) is 4. The molecule has 2 aromatic carbocycles. The molecular weight excluding hydrogens is 335 g/mol. The van der Waals surface area contributed by atoms with Gasteiger partial charge in [-0.05, 0) is 36.2 Å². The molecule has 5 nitrogen and oxygen atoms in total. The van der Waals surface area contributed by atoms with Crippen LogP contribution in [0.25, 0.3) is 11.1 Å². The van der Waals surface area contributed by atoms with Gasteiger partial charge in [-0.15, -0.1) is 0 Å². The Balaban J connectivity index is 2.15. The van der Waals surface area contributed by atoms with Crippen LogP contribution in [-0.4, -0.2) is 18.9 Å². The van der Waals surface area contributed by atoms with E-state index in [1.54, 1.807) is 25.1 Å². The van der Waals surface area contributed by atoms with Crippen molar-refractivity contribution in [2.75, 3.05) is 17.3 Å². The maximum Gasteiger partial charge on any atom is 0.435 e. The first-order valence-electron chi connectivity index (χ1n) is 7.34. The van der Waals surface area contributed by atoms with Gasteiger partial charge in [0.2, 0.25) is 0 Å². The van der Waals surface area contributed by atoms with Gasteiger partial charge in [0, 0.05) is 11.3 Å². The summed E-state index contributed by atoms with van der Waals surface area (Å²) in [7, 11) is 0. The monoisotopic (exact) mass is 349 g/mol. The van der Waals surface area contributed by atoms with Gasteiger partial charge in [-0.25, -0.2) is 4.79 Å². The summed E-state index contributed by atoms with van der Waals surface area (Å²) in [4.78, 5) is 11.7. The van der Waals surface area contributed by atoms with E-state index in [0.29, 0.717) is 0 Å². The largest absolute Gasteiger partial charge is 0.442 e. The van der Waals surface area contributed by atoms with Crippen LogP contribution in [0.2, 0.25) is 0 Å². The summed E-state index contributed by atoms with van der Waals surface area (Å²) >= 11 is 0. The zero-order chi connectivity index (χ0) is 18.2. The number of nitrogens with two attached hydrogens (primary N) is 1. The van der Waals surface area contributed by atoms with Crippen LogP contribution in [-0.2, 0) is 10.9 Å². The number of nitrogens with zero attached hydrogens (tertiary/aromatic N) is 2. The van der Waals surface area contributed by atoms with Crippen molar-refractivity contribution < 1.29 is 22.7 Å². The molecule has 0 aliphatic carbocycles. The molecule has 25 heavy (non-hydrogen) atoms. The highest BCUT2D eigenvalue weighted by Crippen LogP contribution is 2.41. The molecular formula is C17H14F3N3O2. The number of aryl methyl sites for hydroxylation is 1. The molecule has 3 rings (SSSR count). The summed E-state index contributed by atoms with van der Waals surface area (Å²) < 4.78 is 45.5. The molecule has 2 aromatic rings. The molecule has 0 atom stereocenters. The zero-order valence-corrected chi connectivity index (χ0v) is 13.2. The van der Waals surface area contributed by atoms with Crippen LogP contribution in [0.1, 0.15) is 11.1 Å². The van der Waals surface area contributed by atoms with Crippen LogP contribution < -0.4 is 10.7 Å². The lowest BCUT2D eigenvalue weighted by Crippen LogP contribution is -2.31. The van der Waals surface area contributed by atoms with E-state index < -0.39 is 17.8 Å². The van der Waals surface area contributed by atoms with Gasteiger partial charge in [0.1, 0.15) is 6.61 Å². The van der Waals surface area contributed by atoms with Crippen LogP contribution in [0.5, 0.6) is 0 Å². The predicted octanol–water partition coefficient (Wildman–Crippen LogP) is 4.21. The molecule has 0 spiro atoms. The van der Waals surface area contributed by atoms with Gasteiger partial charge >= 0.3 is 12.3 Å². The van der Waals surface area contributed by atoms with E-state index >= 15 is 0 Å². The van der Waals surface area contributed by atoms with Crippen molar-refractivity contribution in [1.29, 1.82) is 0 Å². The number of amides is 1. The SMILES string of the molecule is Cc1ccc(-c2ccc(N3N=CCOC3=O)cc2C(F)(F)F)c(N)c1. The second kappa shape index (κ2) is 6.12. The number of anilines is 2. The number of benzene rings is 2. The van der Waals surface area contributed by atoms with Gasteiger partial charge in [0.15, 0.2) is 0 Å². The quantitative estimate of drug-likeness (QED) is 0.826. The number of rotatable bonds is 2. The number of nitrogen functional groups attached to an aromatic ring is 1. The van der Waals surface area contributed by atoms with E-state index in [0.717, 1.165) is 16.6 Å². The standard InChI is InChI=1S/C17H14F3N3O2/c1-10-2-4-13(15(21)8-10)12-5-3-11(9-14(12)17(18,19)20)23-16(24)25-7-6-22-23/h2-6,8-9H,7,21H2,1H3. The maximum absolute atomic E-state index is 13.6. The van der Waals surface area contributed by atoms with Crippen molar-refractivity contribution in [1.82, 2.24) is 0 Å². The second-order valence-electron chi connectivity index (χ2n) is 5.51. The van der Waals surface area contributed by atoms with Crippen molar-refractivity contribution in [3.8, 4) is 11.1 Å². The summed E-state index contributed by atoms with van der Waals surface area (Å²) in [6.07, 6.45) is -4.18. The van der Waals surface area contributed by atoms with Gasteiger partial charge < -0.3 is 10.5 Å². The van der Waals surface area contributed by atoms with E-state index in [-0.39, 0.29) is 29.1 Å². The third-order valence-corrected chi connectivity index (χ3v) is 3.70. The van der Waals surface area contributed by atoms with E-state index in [4.69, 9.17) is 10.5 Å². The molecule has 0 saturated heterocycles. The lowest BCUT2D eigenvalue weighted by atomic mass is 9.96. The molecule has 1 heterocycles. The Morgan fingerprint density at radius 2 is 1.88 bits per heavy atom. The van der Waals surface area contributed by atoms with Crippen molar-refractivity contribution in [2.45, 2.75) is 13.1 Å². The first-order chi connectivity index (χ1) is 11.8. The Morgan fingerprint density at radius 1 is 1.16 bits per heavy atom. The average Bonchev–Trinajstić information content (AvgIpc) is 2.54. The molecule has 1 amide bonds. The highest BCUT2D eigenvalue weighted by atomic mass is 19.4. The minimum absolute atomic E-state index is 0.0144. The highest BCUT2D eigenvalue weighted by Gasteiger charge is 2.35. The smallest absolute Gasteiger partial charge is 0.435 e. The first kappa shape index (κ1) is 16.8. The van der Waals surface area contributed by atoms with Crippen LogP contribution >= 0.6 is 0 Å². The molecule has 2 N–H and O–H groups in total. The number of alkyl halides is 3. The summed E-state index contributed by atoms with van der Waals surface area (Å²) in [6.45, 7) is 1.79. The van der Waals surface area contributed by atoms with E-state index in [9.17, 15) is 18.0 Å². The molecule has 0 saturated carbocycles. The fraction of sp³-hybridized carbons (Fsp3) is 0.176. The average molecular weight is 349 g/mol. The van der Waals surface area contributed by atoms with Gasteiger partial charge in [0.25, 0.3) is 0 Å². The first-order valence-corrected chi connectivity index (χ1v) is 7.34. The van der Waals surface area contributed by atoms with Crippen molar-refractivity contribution >= 4 is 23.7 Å². The van der Waals surface area contributed by atoms with Crippen molar-refractivity contribution in [3.63, 3.8) is 0 Å². The number of hydrazone groups is 1. The Morgan fingerprint density at radius 3 is 2.52 bits per heavy atom. The van der Waals surface area contributed by atoms with Crippen molar-refractivity contribution in [2.24, 2.45) is 5.10 Å². The maximum atomic E-state index is 13.6. The van der Waals surface area contributed by atoms with Gasteiger partial charge in [0.05, 0.1) is 17.5 Å². The molecule has 0 aromatic heterocycles. The molecule has 1 aliphatic rings. The lowest BCUT2D eigenvalue weighted by molar-refractivity contribution is -0.137. The van der Waals surface area contributed by atoms with Gasteiger partial charge in [-0.2, -0.15) is 23.3 Å². The van der Waals surface area contributed by atoms with E-state index in [2.05, 4.69) is 5.10 Å². The normalized spacial score (nSPS) is 14.6. The number of cyclic esters (lactones) is 1. The topological polar surface area (TPSA) is 67.9 Å². The molecule has 0 radical (unpaired) electrons. The molecule has 8 heteroatoms. The van der Waals surface area contributed by atoms with Gasteiger partial charge in [-0.1, -0.05) is 18.2 Å².